The molecule has 2 aromatic rings. The zero-order chi connectivity index (χ0) is 20.7. The van der Waals surface area contributed by atoms with Gasteiger partial charge in [0.1, 0.15) is 0 Å². The lowest BCUT2D eigenvalue weighted by Crippen LogP contribution is -2.39. The molecule has 0 unspecified atom stereocenters. The fraction of sp³-hybridized carbons (Fsp3) is 0.429. The average Bonchev–Trinajstić information content (AvgIpc) is 2.72. The van der Waals surface area contributed by atoms with E-state index >= 15 is 0 Å². The molecule has 3 N–H and O–H groups in total. The second-order valence-electron chi connectivity index (χ2n) is 7.29. The quantitative estimate of drug-likeness (QED) is 0.525. The lowest BCUT2D eigenvalue weighted by molar-refractivity contribution is 0.175. The Balaban J connectivity index is 1.43. The van der Waals surface area contributed by atoms with E-state index in [2.05, 4.69) is 10.0 Å². The van der Waals surface area contributed by atoms with Gasteiger partial charge in [0.25, 0.3) is 0 Å². The van der Waals surface area contributed by atoms with Crippen LogP contribution in [0.15, 0.2) is 48.5 Å². The Bertz CT molecular complexity index is 884. The third kappa shape index (κ3) is 6.69. The van der Waals surface area contributed by atoms with Crippen LogP contribution < -0.4 is 10.0 Å². The minimum absolute atomic E-state index is 0.439. The molecule has 0 aromatic heterocycles. The number of aliphatic hydroxyl groups excluding tert-OH is 1. The topological polar surface area (TPSA) is 81.7 Å². The van der Waals surface area contributed by atoms with Gasteiger partial charge in [-0.05, 0) is 61.2 Å². The number of nitrogens with one attached hydrogen (secondary N) is 2. The third-order valence-electron chi connectivity index (χ3n) is 5.02. The summed E-state index contributed by atoms with van der Waals surface area (Å²) in [5.41, 5.74) is 2.45. The fourth-order valence-corrected chi connectivity index (χ4v) is 4.86. The van der Waals surface area contributed by atoms with Crippen LogP contribution >= 0.6 is 11.6 Å². The molecule has 8 heteroatoms. The molecule has 1 heterocycles. The van der Waals surface area contributed by atoms with Crippen LogP contribution in [-0.2, 0) is 16.6 Å². The molecule has 0 bridgehead atoms. The largest absolute Gasteiger partial charge is 0.387 e. The molecule has 6 nitrogen and oxygen atoms in total. The number of nitrogens with zero attached hydrogens (tertiary/aromatic N) is 1. The van der Waals surface area contributed by atoms with Crippen LogP contribution in [0.5, 0.6) is 0 Å². The van der Waals surface area contributed by atoms with Gasteiger partial charge in [-0.25, -0.2) is 0 Å². The molecule has 1 fully saturated rings. The van der Waals surface area contributed by atoms with Gasteiger partial charge in [0.05, 0.1) is 6.10 Å². The first-order valence-electron chi connectivity index (χ1n) is 9.95. The van der Waals surface area contributed by atoms with Crippen LogP contribution in [0.25, 0.3) is 0 Å². The maximum absolute atomic E-state index is 12.4. The summed E-state index contributed by atoms with van der Waals surface area (Å²) >= 11 is 5.95. The Kier molecular flexibility index (Phi) is 7.91. The molecule has 2 aromatic carbocycles. The molecule has 0 aliphatic carbocycles. The summed E-state index contributed by atoms with van der Waals surface area (Å²) in [5, 5.41) is 14.0. The van der Waals surface area contributed by atoms with E-state index in [0.717, 1.165) is 36.8 Å². The van der Waals surface area contributed by atoms with Crippen molar-refractivity contribution < 1.29 is 13.5 Å². The van der Waals surface area contributed by atoms with Crippen LogP contribution in [0.1, 0.15) is 36.5 Å². The van der Waals surface area contributed by atoms with Crippen molar-refractivity contribution in [2.24, 2.45) is 0 Å². The lowest BCUT2D eigenvalue weighted by Gasteiger charge is -2.26. The SMILES string of the molecule is O=S(=O)(Nc1ccc(CCNC[C@H](O)c2cccc(Cl)c2)cc1)N1CCCCC1. The van der Waals surface area contributed by atoms with Crippen molar-refractivity contribution in [1.82, 2.24) is 9.62 Å². The van der Waals surface area contributed by atoms with E-state index in [1.165, 1.54) is 4.31 Å². The smallest absolute Gasteiger partial charge is 0.301 e. The summed E-state index contributed by atoms with van der Waals surface area (Å²) in [7, 11) is -3.48. The molecule has 1 atom stereocenters. The van der Waals surface area contributed by atoms with Gasteiger partial charge in [0.2, 0.25) is 0 Å². The summed E-state index contributed by atoms with van der Waals surface area (Å²) in [6, 6.07) is 14.6. The van der Waals surface area contributed by atoms with E-state index in [0.29, 0.717) is 36.9 Å². The van der Waals surface area contributed by atoms with Crippen LogP contribution in [0, 0.1) is 0 Å². The van der Waals surface area contributed by atoms with E-state index in [-0.39, 0.29) is 0 Å². The maximum Gasteiger partial charge on any atom is 0.301 e. The highest BCUT2D eigenvalue weighted by atomic mass is 35.5. The second kappa shape index (κ2) is 10.4. The van der Waals surface area contributed by atoms with Crippen molar-refractivity contribution in [3.63, 3.8) is 0 Å². The van der Waals surface area contributed by atoms with E-state index in [4.69, 9.17) is 11.6 Å². The van der Waals surface area contributed by atoms with Gasteiger partial charge >= 0.3 is 10.2 Å². The predicted molar refractivity (Wildman–Crippen MR) is 117 cm³/mol. The monoisotopic (exact) mass is 437 g/mol. The first-order valence-corrected chi connectivity index (χ1v) is 11.8. The number of piperidine rings is 1. The number of rotatable bonds is 9. The summed E-state index contributed by atoms with van der Waals surface area (Å²) in [4.78, 5) is 0. The van der Waals surface area contributed by atoms with Crippen LogP contribution in [0.2, 0.25) is 5.02 Å². The zero-order valence-electron chi connectivity index (χ0n) is 16.4. The van der Waals surface area contributed by atoms with E-state index in [1.54, 1.807) is 24.3 Å². The molecule has 0 saturated carbocycles. The van der Waals surface area contributed by atoms with Crippen LogP contribution in [0.4, 0.5) is 5.69 Å². The predicted octanol–water partition coefficient (Wildman–Crippen LogP) is 3.35. The van der Waals surface area contributed by atoms with E-state index in [1.807, 2.05) is 24.3 Å². The van der Waals surface area contributed by atoms with Gasteiger partial charge in [-0.1, -0.05) is 42.3 Å². The van der Waals surface area contributed by atoms with E-state index in [9.17, 15) is 13.5 Å². The number of benzene rings is 2. The van der Waals surface area contributed by atoms with Gasteiger partial charge < -0.3 is 10.4 Å². The highest BCUT2D eigenvalue weighted by Gasteiger charge is 2.23. The van der Waals surface area contributed by atoms with Gasteiger partial charge in [0, 0.05) is 30.3 Å². The number of anilines is 1. The average molecular weight is 438 g/mol. The molecule has 1 saturated heterocycles. The van der Waals surface area contributed by atoms with Gasteiger partial charge in [-0.3, -0.25) is 4.72 Å². The second-order valence-corrected chi connectivity index (χ2v) is 9.40. The van der Waals surface area contributed by atoms with Gasteiger partial charge in [-0.2, -0.15) is 12.7 Å². The molecular weight excluding hydrogens is 410 g/mol. The molecule has 0 amide bonds. The Morgan fingerprint density at radius 3 is 2.48 bits per heavy atom. The van der Waals surface area contributed by atoms with Crippen LogP contribution in [-0.4, -0.2) is 44.0 Å². The highest BCUT2D eigenvalue weighted by molar-refractivity contribution is 7.90. The lowest BCUT2D eigenvalue weighted by atomic mass is 10.1. The summed E-state index contributed by atoms with van der Waals surface area (Å²) in [6.07, 6.45) is 3.09. The van der Waals surface area contributed by atoms with Crippen molar-refractivity contribution >= 4 is 27.5 Å². The molecular formula is C21H28ClN3O3S. The highest BCUT2D eigenvalue weighted by Crippen LogP contribution is 2.18. The maximum atomic E-state index is 12.4. The standard InChI is InChI=1S/C21H28ClN3O3S/c22-19-6-4-5-18(15-19)21(26)16-23-12-11-17-7-9-20(10-8-17)24-29(27,28)25-13-2-1-3-14-25/h4-10,15,21,23-24,26H,1-3,11-14,16H2/t21-/m0/s1. The summed E-state index contributed by atoms with van der Waals surface area (Å²) in [5.74, 6) is 0. The van der Waals surface area contributed by atoms with Gasteiger partial charge in [-0.15, -0.1) is 0 Å². The Labute approximate surface area is 178 Å². The third-order valence-corrected chi connectivity index (χ3v) is 6.79. The minimum atomic E-state index is -3.48. The number of aliphatic hydroxyl groups is 1. The molecule has 29 heavy (non-hydrogen) atoms. The van der Waals surface area contributed by atoms with Crippen molar-refractivity contribution in [3.05, 3.63) is 64.7 Å². The number of halogens is 1. The Morgan fingerprint density at radius 1 is 1.07 bits per heavy atom. The first-order chi connectivity index (χ1) is 13.9. The summed E-state index contributed by atoms with van der Waals surface area (Å²) < 4.78 is 29.0. The zero-order valence-corrected chi connectivity index (χ0v) is 17.9. The minimum Gasteiger partial charge on any atom is -0.387 e. The summed E-state index contributed by atoms with van der Waals surface area (Å²) in [6.45, 7) is 2.31. The fourth-order valence-electron chi connectivity index (χ4n) is 3.36. The van der Waals surface area contributed by atoms with Gasteiger partial charge in [0.15, 0.2) is 0 Å². The van der Waals surface area contributed by atoms with Crippen molar-refractivity contribution in [1.29, 1.82) is 0 Å². The molecule has 3 rings (SSSR count). The molecule has 158 valence electrons. The Morgan fingerprint density at radius 2 is 1.79 bits per heavy atom. The Hall–Kier alpha value is -1.64. The van der Waals surface area contributed by atoms with Crippen LogP contribution in [0.3, 0.4) is 0 Å². The number of hydrogen-bond donors (Lipinski definition) is 3. The molecule has 1 aliphatic heterocycles. The molecule has 0 radical (unpaired) electrons. The van der Waals surface area contributed by atoms with E-state index < -0.39 is 16.3 Å². The number of hydrogen-bond acceptors (Lipinski definition) is 4. The normalized spacial score (nSPS) is 16.5. The van der Waals surface area contributed by atoms with Crippen molar-refractivity contribution in [3.8, 4) is 0 Å². The van der Waals surface area contributed by atoms with Crippen molar-refractivity contribution in [2.75, 3.05) is 30.9 Å². The molecule has 0 spiro atoms. The first kappa shape index (κ1) is 22.1. The van der Waals surface area contributed by atoms with Crippen molar-refractivity contribution in [2.45, 2.75) is 31.8 Å². The molecule has 1 aliphatic rings.